The normalized spacial score (nSPS) is 10.7. The number of benzene rings is 1. The third kappa shape index (κ3) is 2.77. The molecular formula is C12H15ClN4. The number of hydrogen-bond donors (Lipinski definition) is 1. The zero-order valence-corrected chi connectivity index (χ0v) is 10.5. The highest BCUT2D eigenvalue weighted by molar-refractivity contribution is 6.30. The minimum absolute atomic E-state index is 0.522. The molecule has 0 atom stereocenters. The second-order valence-corrected chi connectivity index (χ2v) is 4.40. The summed E-state index contributed by atoms with van der Waals surface area (Å²) in [5.41, 5.74) is 7.88. The van der Waals surface area contributed by atoms with Gasteiger partial charge in [0.25, 0.3) is 0 Å². The van der Waals surface area contributed by atoms with E-state index in [0.29, 0.717) is 12.4 Å². The quantitative estimate of drug-likeness (QED) is 0.907. The fraction of sp³-hybridized carbons (Fsp3) is 0.333. The minimum Gasteiger partial charge on any atom is -0.381 e. The Morgan fingerprint density at radius 2 is 2.24 bits per heavy atom. The predicted molar refractivity (Wildman–Crippen MR) is 69.0 cm³/mol. The van der Waals surface area contributed by atoms with Crippen LogP contribution < -0.4 is 5.73 Å². The summed E-state index contributed by atoms with van der Waals surface area (Å²) in [6.45, 7) is 2.76. The van der Waals surface area contributed by atoms with Crippen LogP contribution in [0.15, 0.2) is 24.3 Å². The molecule has 90 valence electrons. The average molecular weight is 251 g/mol. The highest BCUT2D eigenvalue weighted by Gasteiger charge is 2.09. The fourth-order valence-corrected chi connectivity index (χ4v) is 1.99. The molecule has 1 aromatic heterocycles. The van der Waals surface area contributed by atoms with E-state index < -0.39 is 0 Å². The van der Waals surface area contributed by atoms with Crippen LogP contribution in [0.1, 0.15) is 24.6 Å². The van der Waals surface area contributed by atoms with Crippen LogP contribution in [0.3, 0.4) is 0 Å². The summed E-state index contributed by atoms with van der Waals surface area (Å²) < 4.78 is 1.84. The lowest BCUT2D eigenvalue weighted by Gasteiger charge is -2.06. The van der Waals surface area contributed by atoms with Crippen molar-refractivity contribution in [3.05, 3.63) is 40.5 Å². The molecule has 2 N–H and O–H groups in total. The van der Waals surface area contributed by atoms with Gasteiger partial charge in [0.05, 0.1) is 12.2 Å². The van der Waals surface area contributed by atoms with Gasteiger partial charge in [0, 0.05) is 5.02 Å². The lowest BCUT2D eigenvalue weighted by molar-refractivity contribution is 0.613. The van der Waals surface area contributed by atoms with E-state index in [0.717, 1.165) is 29.1 Å². The van der Waals surface area contributed by atoms with Gasteiger partial charge in [-0.3, -0.25) is 0 Å². The van der Waals surface area contributed by atoms with E-state index in [2.05, 4.69) is 17.2 Å². The van der Waals surface area contributed by atoms with Gasteiger partial charge in [0.1, 0.15) is 0 Å². The monoisotopic (exact) mass is 250 g/mol. The second-order valence-electron chi connectivity index (χ2n) is 3.96. The summed E-state index contributed by atoms with van der Waals surface area (Å²) in [5, 5.41) is 8.70. The van der Waals surface area contributed by atoms with Gasteiger partial charge in [0.15, 0.2) is 5.82 Å². The van der Waals surface area contributed by atoms with E-state index in [1.165, 1.54) is 0 Å². The molecule has 0 bridgehead atoms. The van der Waals surface area contributed by atoms with Crippen molar-refractivity contribution in [1.29, 1.82) is 0 Å². The first-order valence-corrected chi connectivity index (χ1v) is 6.00. The molecule has 0 saturated heterocycles. The smallest absolute Gasteiger partial charge is 0.169 e. The molecule has 0 fully saturated rings. The fourth-order valence-electron chi connectivity index (χ4n) is 1.78. The SMILES string of the molecule is CCCc1c(N)nnn1Cc1cccc(Cl)c1. The Bertz CT molecular complexity index is 507. The Hall–Kier alpha value is -1.55. The Balaban J connectivity index is 2.24. The Labute approximate surface area is 105 Å². The van der Waals surface area contributed by atoms with Gasteiger partial charge < -0.3 is 5.73 Å². The van der Waals surface area contributed by atoms with Gasteiger partial charge in [-0.05, 0) is 24.1 Å². The van der Waals surface area contributed by atoms with E-state index in [1.807, 2.05) is 28.9 Å². The summed E-state index contributed by atoms with van der Waals surface area (Å²) in [5.74, 6) is 0.522. The number of aromatic nitrogens is 3. The van der Waals surface area contributed by atoms with Gasteiger partial charge in [0.2, 0.25) is 0 Å². The Morgan fingerprint density at radius 1 is 1.41 bits per heavy atom. The van der Waals surface area contributed by atoms with Crippen LogP contribution in [0.2, 0.25) is 5.02 Å². The van der Waals surface area contributed by atoms with Crippen molar-refractivity contribution >= 4 is 17.4 Å². The molecule has 1 heterocycles. The van der Waals surface area contributed by atoms with Crippen LogP contribution in [-0.4, -0.2) is 15.0 Å². The maximum Gasteiger partial charge on any atom is 0.169 e. The van der Waals surface area contributed by atoms with E-state index >= 15 is 0 Å². The summed E-state index contributed by atoms with van der Waals surface area (Å²) in [4.78, 5) is 0. The maximum atomic E-state index is 5.95. The van der Waals surface area contributed by atoms with Gasteiger partial charge >= 0.3 is 0 Å². The first kappa shape index (κ1) is 11.9. The van der Waals surface area contributed by atoms with E-state index in [1.54, 1.807) is 0 Å². The van der Waals surface area contributed by atoms with E-state index in [9.17, 15) is 0 Å². The minimum atomic E-state index is 0.522. The number of halogens is 1. The first-order chi connectivity index (χ1) is 8.20. The van der Waals surface area contributed by atoms with Crippen molar-refractivity contribution in [2.24, 2.45) is 0 Å². The molecule has 5 heteroatoms. The largest absolute Gasteiger partial charge is 0.381 e. The van der Waals surface area contributed by atoms with Crippen LogP contribution >= 0.6 is 11.6 Å². The lowest BCUT2D eigenvalue weighted by atomic mass is 10.2. The molecular weight excluding hydrogens is 236 g/mol. The number of anilines is 1. The summed E-state index contributed by atoms with van der Waals surface area (Å²) in [6, 6.07) is 7.72. The molecule has 0 aliphatic carbocycles. The first-order valence-electron chi connectivity index (χ1n) is 5.63. The zero-order valence-electron chi connectivity index (χ0n) is 9.73. The highest BCUT2D eigenvalue weighted by Crippen LogP contribution is 2.15. The van der Waals surface area contributed by atoms with Crippen molar-refractivity contribution in [3.63, 3.8) is 0 Å². The van der Waals surface area contributed by atoms with Crippen molar-refractivity contribution in [1.82, 2.24) is 15.0 Å². The topological polar surface area (TPSA) is 56.7 Å². The van der Waals surface area contributed by atoms with Gasteiger partial charge in [-0.25, -0.2) is 4.68 Å². The summed E-state index contributed by atoms with van der Waals surface area (Å²) in [6.07, 6.45) is 1.91. The van der Waals surface area contributed by atoms with E-state index in [4.69, 9.17) is 17.3 Å². The molecule has 0 aliphatic rings. The zero-order chi connectivity index (χ0) is 12.3. The highest BCUT2D eigenvalue weighted by atomic mass is 35.5. The molecule has 0 saturated carbocycles. The molecule has 17 heavy (non-hydrogen) atoms. The van der Waals surface area contributed by atoms with E-state index in [-0.39, 0.29) is 0 Å². The van der Waals surface area contributed by atoms with Gasteiger partial charge in [-0.15, -0.1) is 5.10 Å². The number of rotatable bonds is 4. The molecule has 1 aromatic carbocycles. The molecule has 0 amide bonds. The lowest BCUT2D eigenvalue weighted by Crippen LogP contribution is -2.07. The molecule has 0 radical (unpaired) electrons. The molecule has 2 aromatic rings. The molecule has 0 spiro atoms. The van der Waals surface area contributed by atoms with Crippen LogP contribution in [0, 0.1) is 0 Å². The molecule has 4 nitrogen and oxygen atoms in total. The van der Waals surface area contributed by atoms with Crippen LogP contribution in [0.25, 0.3) is 0 Å². The van der Waals surface area contributed by atoms with Crippen molar-refractivity contribution in [3.8, 4) is 0 Å². The van der Waals surface area contributed by atoms with Crippen LogP contribution in [-0.2, 0) is 13.0 Å². The number of nitrogens with two attached hydrogens (primary N) is 1. The number of nitrogen functional groups attached to an aromatic ring is 1. The van der Waals surface area contributed by atoms with Crippen LogP contribution in [0.4, 0.5) is 5.82 Å². The van der Waals surface area contributed by atoms with Gasteiger partial charge in [-0.2, -0.15) is 0 Å². The van der Waals surface area contributed by atoms with Crippen LogP contribution in [0.5, 0.6) is 0 Å². The Kier molecular flexibility index (Phi) is 3.64. The summed E-state index contributed by atoms with van der Waals surface area (Å²) in [7, 11) is 0. The third-order valence-corrected chi connectivity index (χ3v) is 2.81. The van der Waals surface area contributed by atoms with Gasteiger partial charge in [-0.1, -0.05) is 42.3 Å². The summed E-state index contributed by atoms with van der Waals surface area (Å²) >= 11 is 5.95. The molecule has 2 rings (SSSR count). The van der Waals surface area contributed by atoms with Crippen molar-refractivity contribution in [2.45, 2.75) is 26.3 Å². The van der Waals surface area contributed by atoms with Crippen molar-refractivity contribution < 1.29 is 0 Å². The molecule has 0 unspecified atom stereocenters. The Morgan fingerprint density at radius 3 is 2.94 bits per heavy atom. The molecule has 0 aliphatic heterocycles. The maximum absolute atomic E-state index is 5.95. The number of hydrogen-bond acceptors (Lipinski definition) is 3. The van der Waals surface area contributed by atoms with Crippen molar-refractivity contribution in [2.75, 3.05) is 5.73 Å². The average Bonchev–Trinajstić information content (AvgIpc) is 2.62. The standard InChI is InChI=1S/C12H15ClN4/c1-2-4-11-12(14)15-16-17(11)8-9-5-3-6-10(13)7-9/h3,5-7H,2,4,8,14H2,1H3. The number of nitrogens with zero attached hydrogens (tertiary/aromatic N) is 3. The third-order valence-electron chi connectivity index (χ3n) is 2.58. The second kappa shape index (κ2) is 5.19. The predicted octanol–water partition coefficient (Wildman–Crippen LogP) is 2.51.